The Labute approximate surface area is 180 Å². The molecule has 1 amide bonds. The van der Waals surface area contributed by atoms with E-state index in [1.165, 1.54) is 27.4 Å². The zero-order valence-electron chi connectivity index (χ0n) is 17.4. The van der Waals surface area contributed by atoms with Gasteiger partial charge in [-0.25, -0.2) is 0 Å². The molecule has 1 aromatic heterocycles. The van der Waals surface area contributed by atoms with Crippen LogP contribution in [0.4, 0.5) is 5.69 Å². The molecule has 0 aliphatic carbocycles. The first-order valence-corrected chi connectivity index (χ1v) is 9.39. The Morgan fingerprint density at radius 2 is 1.68 bits per heavy atom. The maximum absolute atomic E-state index is 12.9. The number of pyridine rings is 1. The molecule has 0 radical (unpaired) electrons. The summed E-state index contributed by atoms with van der Waals surface area (Å²) in [5.74, 6) is 0.627. The zero-order chi connectivity index (χ0) is 22.2. The molecule has 158 valence electrons. The number of aromatic nitrogens is 1. The normalized spacial score (nSPS) is 10.5. The third-order valence-electron chi connectivity index (χ3n) is 4.46. The number of nitrogens with one attached hydrogen (secondary N) is 1. The first kappa shape index (κ1) is 21.6. The SMILES string of the molecule is COc1cc(OC)c(C(=O)/C=C/c2cccc(C(=O)Nc3cccnc3)c2)c(OC)c1. The predicted octanol–water partition coefficient (Wildman–Crippen LogP) is 4.26. The summed E-state index contributed by atoms with van der Waals surface area (Å²) >= 11 is 0. The van der Waals surface area contributed by atoms with E-state index < -0.39 is 0 Å². The second kappa shape index (κ2) is 10.1. The van der Waals surface area contributed by atoms with Crippen molar-refractivity contribution in [2.45, 2.75) is 0 Å². The molecule has 0 fully saturated rings. The highest BCUT2D eigenvalue weighted by atomic mass is 16.5. The van der Waals surface area contributed by atoms with Gasteiger partial charge in [0.15, 0.2) is 5.78 Å². The van der Waals surface area contributed by atoms with Crippen molar-refractivity contribution in [1.82, 2.24) is 4.98 Å². The minimum Gasteiger partial charge on any atom is -0.496 e. The van der Waals surface area contributed by atoms with Crippen LogP contribution in [-0.4, -0.2) is 38.0 Å². The molecule has 3 aromatic rings. The van der Waals surface area contributed by atoms with Crippen LogP contribution in [0.15, 0.2) is 67.0 Å². The maximum atomic E-state index is 12.9. The number of hydrogen-bond donors (Lipinski definition) is 1. The van der Waals surface area contributed by atoms with Crippen LogP contribution in [0.3, 0.4) is 0 Å². The van der Waals surface area contributed by atoms with Crippen LogP contribution >= 0.6 is 0 Å². The highest BCUT2D eigenvalue weighted by Crippen LogP contribution is 2.34. The van der Waals surface area contributed by atoms with E-state index in [1.54, 1.807) is 67.0 Å². The quantitative estimate of drug-likeness (QED) is 0.435. The third kappa shape index (κ3) is 5.27. The van der Waals surface area contributed by atoms with Crippen molar-refractivity contribution in [3.8, 4) is 17.2 Å². The average Bonchev–Trinajstić information content (AvgIpc) is 2.82. The Hall–Kier alpha value is -4.13. The number of nitrogens with zero attached hydrogens (tertiary/aromatic N) is 1. The van der Waals surface area contributed by atoms with Gasteiger partial charge in [-0.2, -0.15) is 0 Å². The smallest absolute Gasteiger partial charge is 0.255 e. The Kier molecular flexibility index (Phi) is 7.01. The van der Waals surface area contributed by atoms with Crippen molar-refractivity contribution in [2.75, 3.05) is 26.6 Å². The Bertz CT molecular complexity index is 1080. The lowest BCUT2D eigenvalue weighted by molar-refractivity contribution is 0.102. The summed E-state index contributed by atoms with van der Waals surface area (Å²) in [7, 11) is 4.46. The first-order valence-electron chi connectivity index (χ1n) is 9.39. The monoisotopic (exact) mass is 418 g/mol. The number of allylic oxidation sites excluding steroid dienone is 1. The van der Waals surface area contributed by atoms with Crippen LogP contribution in [0.2, 0.25) is 0 Å². The molecular formula is C24H22N2O5. The van der Waals surface area contributed by atoms with Gasteiger partial charge in [-0.05, 0) is 35.9 Å². The van der Waals surface area contributed by atoms with Crippen molar-refractivity contribution in [3.05, 3.63) is 83.7 Å². The standard InChI is InChI=1S/C24H22N2O5/c1-29-19-13-21(30-2)23(22(14-19)31-3)20(27)10-9-16-6-4-7-17(12-16)24(28)26-18-8-5-11-25-15-18/h4-15H,1-3H3,(H,26,28)/b10-9+. The fourth-order valence-corrected chi connectivity index (χ4v) is 2.93. The summed E-state index contributed by atoms with van der Waals surface area (Å²) in [6.45, 7) is 0. The number of carbonyl (C=O) groups excluding carboxylic acids is 2. The number of amides is 1. The van der Waals surface area contributed by atoms with Crippen LogP contribution in [0.5, 0.6) is 17.2 Å². The van der Waals surface area contributed by atoms with Gasteiger partial charge in [0, 0.05) is 23.9 Å². The van der Waals surface area contributed by atoms with Gasteiger partial charge in [-0.1, -0.05) is 18.2 Å². The highest BCUT2D eigenvalue weighted by molar-refractivity contribution is 6.11. The lowest BCUT2D eigenvalue weighted by Gasteiger charge is -2.13. The number of ether oxygens (including phenoxy) is 3. The van der Waals surface area contributed by atoms with Gasteiger partial charge in [-0.15, -0.1) is 0 Å². The van der Waals surface area contributed by atoms with Gasteiger partial charge in [0.1, 0.15) is 22.8 Å². The molecule has 0 spiro atoms. The van der Waals surface area contributed by atoms with Crippen LogP contribution in [-0.2, 0) is 0 Å². The Morgan fingerprint density at radius 1 is 0.935 bits per heavy atom. The number of hydrogen-bond acceptors (Lipinski definition) is 6. The van der Waals surface area contributed by atoms with E-state index in [2.05, 4.69) is 10.3 Å². The fraction of sp³-hybridized carbons (Fsp3) is 0.125. The van der Waals surface area contributed by atoms with E-state index >= 15 is 0 Å². The summed E-state index contributed by atoms with van der Waals surface area (Å²) in [5.41, 5.74) is 2.03. The van der Waals surface area contributed by atoms with Gasteiger partial charge in [-0.3, -0.25) is 14.6 Å². The fourth-order valence-electron chi connectivity index (χ4n) is 2.93. The lowest BCUT2D eigenvalue weighted by atomic mass is 10.0. The van der Waals surface area contributed by atoms with E-state index in [4.69, 9.17) is 14.2 Å². The molecule has 31 heavy (non-hydrogen) atoms. The van der Waals surface area contributed by atoms with E-state index in [0.717, 1.165) is 0 Å². The van der Waals surface area contributed by atoms with Crippen molar-refractivity contribution >= 4 is 23.5 Å². The van der Waals surface area contributed by atoms with Crippen LogP contribution in [0.1, 0.15) is 26.3 Å². The summed E-state index contributed by atoms with van der Waals surface area (Å²) in [4.78, 5) is 29.3. The largest absolute Gasteiger partial charge is 0.496 e. The van der Waals surface area contributed by atoms with Crippen molar-refractivity contribution in [1.29, 1.82) is 0 Å². The molecule has 0 aliphatic heterocycles. The molecule has 1 heterocycles. The Morgan fingerprint density at radius 3 is 2.29 bits per heavy atom. The van der Waals surface area contributed by atoms with Crippen LogP contribution in [0, 0.1) is 0 Å². The molecule has 0 aliphatic rings. The Balaban J connectivity index is 1.82. The number of rotatable bonds is 8. The summed E-state index contributed by atoms with van der Waals surface area (Å²) in [6, 6.07) is 13.7. The number of methoxy groups -OCH3 is 3. The predicted molar refractivity (Wildman–Crippen MR) is 118 cm³/mol. The lowest BCUT2D eigenvalue weighted by Crippen LogP contribution is -2.11. The molecular weight excluding hydrogens is 396 g/mol. The highest BCUT2D eigenvalue weighted by Gasteiger charge is 2.18. The van der Waals surface area contributed by atoms with Crippen molar-refractivity contribution in [2.24, 2.45) is 0 Å². The number of ketones is 1. The number of anilines is 1. The first-order chi connectivity index (χ1) is 15.0. The second-order valence-electron chi connectivity index (χ2n) is 6.43. The van der Waals surface area contributed by atoms with Crippen LogP contribution < -0.4 is 19.5 Å². The van der Waals surface area contributed by atoms with Crippen molar-refractivity contribution in [3.63, 3.8) is 0 Å². The van der Waals surface area contributed by atoms with Gasteiger partial charge in [0.25, 0.3) is 5.91 Å². The minimum absolute atomic E-state index is 0.270. The summed E-state index contributed by atoms with van der Waals surface area (Å²) < 4.78 is 15.9. The van der Waals surface area contributed by atoms with E-state index in [0.29, 0.717) is 34.1 Å². The zero-order valence-corrected chi connectivity index (χ0v) is 17.4. The molecule has 0 unspecified atom stereocenters. The van der Waals surface area contributed by atoms with Gasteiger partial charge in [0.2, 0.25) is 0 Å². The minimum atomic E-state index is -0.304. The molecule has 7 heteroatoms. The van der Waals surface area contributed by atoms with E-state index in [1.807, 2.05) is 0 Å². The second-order valence-corrected chi connectivity index (χ2v) is 6.43. The van der Waals surface area contributed by atoms with Crippen molar-refractivity contribution < 1.29 is 23.8 Å². The van der Waals surface area contributed by atoms with E-state index in [-0.39, 0.29) is 17.3 Å². The molecule has 0 saturated carbocycles. The summed E-state index contributed by atoms with van der Waals surface area (Å²) in [5, 5.41) is 2.78. The molecule has 1 N–H and O–H groups in total. The van der Waals surface area contributed by atoms with Gasteiger partial charge < -0.3 is 19.5 Å². The topological polar surface area (TPSA) is 86.8 Å². The average molecular weight is 418 g/mol. The molecule has 2 aromatic carbocycles. The molecule has 0 atom stereocenters. The summed E-state index contributed by atoms with van der Waals surface area (Å²) in [6.07, 6.45) is 6.23. The number of benzene rings is 2. The van der Waals surface area contributed by atoms with Crippen LogP contribution in [0.25, 0.3) is 6.08 Å². The number of carbonyl (C=O) groups is 2. The van der Waals surface area contributed by atoms with E-state index in [9.17, 15) is 9.59 Å². The molecule has 0 bridgehead atoms. The third-order valence-corrected chi connectivity index (χ3v) is 4.46. The molecule has 7 nitrogen and oxygen atoms in total. The maximum Gasteiger partial charge on any atom is 0.255 e. The molecule has 3 rings (SSSR count). The molecule has 0 saturated heterocycles. The van der Waals surface area contributed by atoms with Gasteiger partial charge in [0.05, 0.1) is 33.2 Å². The van der Waals surface area contributed by atoms with Gasteiger partial charge >= 0.3 is 0 Å².